The van der Waals surface area contributed by atoms with Gasteiger partial charge < -0.3 is 19.5 Å². The number of para-hydroxylation sites is 1. The van der Waals surface area contributed by atoms with E-state index in [1.807, 2.05) is 24.3 Å². The van der Waals surface area contributed by atoms with Gasteiger partial charge in [-0.05, 0) is 17.0 Å². The molecule has 0 aliphatic carbocycles. The van der Waals surface area contributed by atoms with E-state index in [1.165, 1.54) is 5.69 Å². The van der Waals surface area contributed by atoms with Crippen LogP contribution in [0.1, 0.15) is 18.9 Å². The molecular formula is C24H25NO4. The van der Waals surface area contributed by atoms with Gasteiger partial charge in [-0.15, -0.1) is 0 Å². The van der Waals surface area contributed by atoms with Crippen LogP contribution in [0, 0.1) is 0 Å². The van der Waals surface area contributed by atoms with Crippen molar-refractivity contribution in [3.05, 3.63) is 60.2 Å². The maximum absolute atomic E-state index is 11.5. The first kappa shape index (κ1) is 19.3. The molecule has 0 saturated carbocycles. The number of phenols is 1. The lowest BCUT2D eigenvalue weighted by Crippen LogP contribution is -2.36. The third kappa shape index (κ3) is 3.91. The number of carbonyl (C=O) groups is 1. The highest BCUT2D eigenvalue weighted by Crippen LogP contribution is 2.40. The van der Waals surface area contributed by atoms with Gasteiger partial charge in [0.25, 0.3) is 0 Å². The van der Waals surface area contributed by atoms with E-state index in [9.17, 15) is 9.90 Å². The van der Waals surface area contributed by atoms with Crippen molar-refractivity contribution >= 4 is 22.4 Å². The standard InChI is InChI=1S/C24H25NO4/c1-2-23(26)29-16-17-6-5-9-21(24(17)27)19-10-11-22(25-12-14-28-15-13-25)20-8-4-3-7-18(19)20/h3-11,27H,2,12-16H2,1H3. The third-order valence-electron chi connectivity index (χ3n) is 5.34. The number of carbonyl (C=O) groups excluding carboxylic acids is 1. The molecule has 0 bridgehead atoms. The number of hydrogen-bond acceptors (Lipinski definition) is 5. The van der Waals surface area contributed by atoms with E-state index in [4.69, 9.17) is 9.47 Å². The molecule has 0 spiro atoms. The second-order valence-corrected chi connectivity index (χ2v) is 7.10. The third-order valence-corrected chi connectivity index (χ3v) is 5.34. The minimum Gasteiger partial charge on any atom is -0.507 e. The van der Waals surface area contributed by atoms with Gasteiger partial charge in [0.05, 0.1) is 13.2 Å². The number of esters is 1. The highest BCUT2D eigenvalue weighted by molar-refractivity contribution is 6.04. The molecule has 0 radical (unpaired) electrons. The predicted octanol–water partition coefficient (Wildman–Crippen LogP) is 4.50. The van der Waals surface area contributed by atoms with Gasteiger partial charge in [0.2, 0.25) is 0 Å². The number of benzene rings is 3. The minimum absolute atomic E-state index is 0.0656. The van der Waals surface area contributed by atoms with Crippen LogP contribution in [0.5, 0.6) is 5.75 Å². The van der Waals surface area contributed by atoms with Crippen LogP contribution in [0.4, 0.5) is 5.69 Å². The zero-order chi connectivity index (χ0) is 20.2. The Hall–Kier alpha value is -3.05. The van der Waals surface area contributed by atoms with Gasteiger partial charge >= 0.3 is 5.97 Å². The topological polar surface area (TPSA) is 59.0 Å². The molecule has 5 nitrogen and oxygen atoms in total. The molecule has 5 heteroatoms. The maximum Gasteiger partial charge on any atom is 0.305 e. The molecule has 3 aromatic carbocycles. The average molecular weight is 391 g/mol. The van der Waals surface area contributed by atoms with E-state index >= 15 is 0 Å². The number of anilines is 1. The number of hydrogen-bond donors (Lipinski definition) is 1. The van der Waals surface area contributed by atoms with Crippen LogP contribution in [-0.4, -0.2) is 37.4 Å². The Morgan fingerprint density at radius 1 is 1.00 bits per heavy atom. The Kier molecular flexibility index (Phi) is 5.67. The Morgan fingerprint density at radius 3 is 2.52 bits per heavy atom. The van der Waals surface area contributed by atoms with Crippen molar-refractivity contribution in [2.45, 2.75) is 20.0 Å². The molecule has 0 unspecified atom stereocenters. The molecule has 4 rings (SSSR count). The molecule has 0 atom stereocenters. The number of phenolic OH excluding ortho intramolecular Hbond substituents is 1. The second kappa shape index (κ2) is 8.53. The van der Waals surface area contributed by atoms with Crippen molar-refractivity contribution in [2.24, 2.45) is 0 Å². The summed E-state index contributed by atoms with van der Waals surface area (Å²) in [5, 5.41) is 13.1. The van der Waals surface area contributed by atoms with Crippen molar-refractivity contribution in [1.29, 1.82) is 0 Å². The predicted molar refractivity (Wildman–Crippen MR) is 114 cm³/mol. The fourth-order valence-corrected chi connectivity index (χ4v) is 3.78. The Labute approximate surface area is 170 Å². The molecule has 1 aliphatic heterocycles. The summed E-state index contributed by atoms with van der Waals surface area (Å²) in [6.07, 6.45) is 0.314. The van der Waals surface area contributed by atoms with Crippen molar-refractivity contribution in [3.8, 4) is 16.9 Å². The summed E-state index contributed by atoms with van der Waals surface area (Å²) >= 11 is 0. The zero-order valence-electron chi connectivity index (χ0n) is 16.6. The van der Waals surface area contributed by atoms with Gasteiger partial charge in [0.1, 0.15) is 12.4 Å². The minimum atomic E-state index is -0.282. The van der Waals surface area contributed by atoms with E-state index in [0.29, 0.717) is 12.0 Å². The summed E-state index contributed by atoms with van der Waals surface area (Å²) in [6.45, 7) is 5.02. The molecule has 1 heterocycles. The number of fused-ring (bicyclic) bond motifs is 1. The number of aromatic hydroxyl groups is 1. The lowest BCUT2D eigenvalue weighted by molar-refractivity contribution is -0.144. The number of morpholine rings is 1. The van der Waals surface area contributed by atoms with E-state index in [-0.39, 0.29) is 18.3 Å². The summed E-state index contributed by atoms with van der Waals surface area (Å²) in [6, 6.07) is 18.0. The van der Waals surface area contributed by atoms with Crippen molar-refractivity contribution in [1.82, 2.24) is 0 Å². The second-order valence-electron chi connectivity index (χ2n) is 7.10. The number of nitrogens with zero attached hydrogens (tertiary/aromatic N) is 1. The van der Waals surface area contributed by atoms with Gasteiger partial charge in [-0.1, -0.05) is 55.5 Å². The molecule has 1 N–H and O–H groups in total. The van der Waals surface area contributed by atoms with Gasteiger partial charge in [0, 0.05) is 41.7 Å². The van der Waals surface area contributed by atoms with Crippen LogP contribution < -0.4 is 4.90 Å². The van der Waals surface area contributed by atoms with Crippen LogP contribution in [-0.2, 0) is 20.9 Å². The fraction of sp³-hybridized carbons (Fsp3) is 0.292. The SMILES string of the molecule is CCC(=O)OCc1cccc(-c2ccc(N3CCOCC3)c3ccccc23)c1O. The zero-order valence-corrected chi connectivity index (χ0v) is 16.6. The molecule has 150 valence electrons. The molecule has 1 fully saturated rings. The van der Waals surface area contributed by atoms with Gasteiger partial charge in [-0.3, -0.25) is 4.79 Å². The Morgan fingerprint density at radius 2 is 1.76 bits per heavy atom. The summed E-state index contributed by atoms with van der Waals surface area (Å²) in [4.78, 5) is 13.8. The van der Waals surface area contributed by atoms with E-state index in [2.05, 4.69) is 29.2 Å². The van der Waals surface area contributed by atoms with E-state index in [1.54, 1.807) is 13.0 Å². The van der Waals surface area contributed by atoms with Crippen molar-refractivity contribution < 1.29 is 19.4 Å². The number of rotatable bonds is 5. The summed E-state index contributed by atoms with van der Waals surface area (Å²) < 4.78 is 10.7. The highest BCUT2D eigenvalue weighted by Gasteiger charge is 2.18. The molecule has 0 aromatic heterocycles. The van der Waals surface area contributed by atoms with Crippen LogP contribution >= 0.6 is 0 Å². The van der Waals surface area contributed by atoms with Crippen molar-refractivity contribution in [2.75, 3.05) is 31.2 Å². The molecule has 1 aliphatic rings. The molecular weight excluding hydrogens is 366 g/mol. The molecule has 3 aromatic rings. The van der Waals surface area contributed by atoms with Crippen LogP contribution in [0.2, 0.25) is 0 Å². The Balaban J connectivity index is 1.76. The Bertz CT molecular complexity index is 1020. The average Bonchev–Trinajstić information content (AvgIpc) is 2.78. The lowest BCUT2D eigenvalue weighted by Gasteiger charge is -2.30. The first-order valence-corrected chi connectivity index (χ1v) is 10.0. The van der Waals surface area contributed by atoms with E-state index < -0.39 is 0 Å². The first-order valence-electron chi connectivity index (χ1n) is 10.0. The monoisotopic (exact) mass is 391 g/mol. The summed E-state index contributed by atoms with van der Waals surface area (Å²) in [7, 11) is 0. The molecule has 1 saturated heterocycles. The quantitative estimate of drug-likeness (QED) is 0.649. The number of ether oxygens (including phenoxy) is 2. The van der Waals surface area contributed by atoms with E-state index in [0.717, 1.165) is 48.2 Å². The summed E-state index contributed by atoms with van der Waals surface area (Å²) in [5.41, 5.74) is 3.48. The highest BCUT2D eigenvalue weighted by atomic mass is 16.5. The van der Waals surface area contributed by atoms with Crippen LogP contribution in [0.25, 0.3) is 21.9 Å². The normalized spacial score (nSPS) is 14.2. The van der Waals surface area contributed by atoms with Gasteiger partial charge in [-0.2, -0.15) is 0 Å². The summed E-state index contributed by atoms with van der Waals surface area (Å²) in [5.74, 6) is -0.129. The fourth-order valence-electron chi connectivity index (χ4n) is 3.78. The molecule has 0 amide bonds. The van der Waals surface area contributed by atoms with Gasteiger partial charge in [-0.25, -0.2) is 0 Å². The molecule has 29 heavy (non-hydrogen) atoms. The lowest BCUT2D eigenvalue weighted by atomic mass is 9.94. The van der Waals surface area contributed by atoms with Crippen molar-refractivity contribution in [3.63, 3.8) is 0 Å². The first-order chi connectivity index (χ1) is 14.2. The van der Waals surface area contributed by atoms with Gasteiger partial charge in [0.15, 0.2) is 0 Å². The maximum atomic E-state index is 11.5. The van der Waals surface area contributed by atoms with Crippen LogP contribution in [0.15, 0.2) is 54.6 Å². The largest absolute Gasteiger partial charge is 0.507 e. The van der Waals surface area contributed by atoms with Crippen LogP contribution in [0.3, 0.4) is 0 Å². The smallest absolute Gasteiger partial charge is 0.305 e.